The van der Waals surface area contributed by atoms with Gasteiger partial charge in [-0.3, -0.25) is 14.6 Å². The maximum atomic E-state index is 12.6. The van der Waals surface area contributed by atoms with E-state index in [0.29, 0.717) is 5.91 Å². The molecular formula is C19H25N3O3. The van der Waals surface area contributed by atoms with E-state index in [4.69, 9.17) is 4.74 Å². The minimum absolute atomic E-state index is 0.0422. The van der Waals surface area contributed by atoms with Gasteiger partial charge in [0.1, 0.15) is 0 Å². The van der Waals surface area contributed by atoms with Crippen molar-refractivity contribution in [1.82, 2.24) is 14.8 Å². The Morgan fingerprint density at radius 1 is 1.16 bits per heavy atom. The molecule has 3 fully saturated rings. The van der Waals surface area contributed by atoms with Crippen LogP contribution in [0.15, 0.2) is 24.5 Å². The average molecular weight is 343 g/mol. The molecule has 6 nitrogen and oxygen atoms in total. The molecule has 1 saturated carbocycles. The number of hydrogen-bond acceptors (Lipinski definition) is 4. The third-order valence-corrected chi connectivity index (χ3v) is 6.01. The number of rotatable bonds is 4. The number of likely N-dealkylation sites (tertiary alicyclic amines) is 2. The molecule has 0 bridgehead atoms. The van der Waals surface area contributed by atoms with Gasteiger partial charge in [-0.25, -0.2) is 0 Å². The molecule has 2 atom stereocenters. The molecule has 4 rings (SSSR count). The molecule has 25 heavy (non-hydrogen) atoms. The number of carbonyl (C=O) groups excluding carboxylic acids is 2. The van der Waals surface area contributed by atoms with Crippen LogP contribution >= 0.6 is 0 Å². The Morgan fingerprint density at radius 2 is 1.84 bits per heavy atom. The second-order valence-corrected chi connectivity index (χ2v) is 7.31. The number of carbonyl (C=O) groups is 2. The van der Waals surface area contributed by atoms with Crippen molar-refractivity contribution in [3.63, 3.8) is 0 Å². The number of methoxy groups -OCH3 is 1. The number of aromatic nitrogens is 1. The summed E-state index contributed by atoms with van der Waals surface area (Å²) in [6.07, 6.45) is 8.07. The molecule has 3 aliphatic rings. The van der Waals surface area contributed by atoms with Crippen molar-refractivity contribution in [1.29, 1.82) is 0 Å². The lowest BCUT2D eigenvalue weighted by molar-refractivity contribution is -0.179. The first-order chi connectivity index (χ1) is 12.2. The normalized spacial score (nSPS) is 27.8. The molecule has 0 spiro atoms. The summed E-state index contributed by atoms with van der Waals surface area (Å²) >= 11 is 0. The Balaban J connectivity index is 1.42. The fraction of sp³-hybridized carbons (Fsp3) is 0.632. The van der Waals surface area contributed by atoms with Crippen LogP contribution in [0.2, 0.25) is 0 Å². The summed E-state index contributed by atoms with van der Waals surface area (Å²) in [7, 11) is 1.59. The van der Waals surface area contributed by atoms with E-state index in [1.54, 1.807) is 19.5 Å². The zero-order chi connectivity index (χ0) is 17.4. The molecular weight excluding hydrogens is 318 g/mol. The smallest absolute Gasteiger partial charge is 0.255 e. The first kappa shape index (κ1) is 16.5. The van der Waals surface area contributed by atoms with Crippen LogP contribution in [0.1, 0.15) is 43.7 Å². The number of nitrogens with zero attached hydrogens (tertiary/aromatic N) is 3. The zero-order valence-electron chi connectivity index (χ0n) is 14.6. The van der Waals surface area contributed by atoms with Crippen LogP contribution < -0.4 is 0 Å². The van der Waals surface area contributed by atoms with E-state index >= 15 is 0 Å². The van der Waals surface area contributed by atoms with Gasteiger partial charge in [0.05, 0.1) is 6.04 Å². The Labute approximate surface area is 148 Å². The van der Waals surface area contributed by atoms with E-state index in [0.717, 1.165) is 44.3 Å². The van der Waals surface area contributed by atoms with E-state index in [2.05, 4.69) is 4.98 Å². The molecule has 1 aromatic rings. The number of ether oxygens (including phenoxy) is 1. The second-order valence-electron chi connectivity index (χ2n) is 7.31. The quantitative estimate of drug-likeness (QED) is 0.782. The van der Waals surface area contributed by atoms with E-state index in [1.165, 1.54) is 6.42 Å². The molecule has 134 valence electrons. The number of pyridine rings is 1. The molecule has 6 heteroatoms. The van der Waals surface area contributed by atoms with E-state index in [1.807, 2.05) is 21.9 Å². The minimum atomic E-state index is -0.406. The van der Waals surface area contributed by atoms with Gasteiger partial charge in [0.25, 0.3) is 5.91 Å². The molecule has 0 unspecified atom stereocenters. The lowest BCUT2D eigenvalue weighted by atomic mass is 9.83. The largest absolute Gasteiger partial charge is 0.369 e. The fourth-order valence-corrected chi connectivity index (χ4v) is 4.29. The Hall–Kier alpha value is -1.95. The van der Waals surface area contributed by atoms with Crippen LogP contribution in [0, 0.1) is 5.92 Å². The van der Waals surface area contributed by atoms with Crippen molar-refractivity contribution in [2.45, 2.75) is 50.3 Å². The third kappa shape index (κ3) is 2.82. The van der Waals surface area contributed by atoms with Gasteiger partial charge in [-0.05, 0) is 43.4 Å². The monoisotopic (exact) mass is 343 g/mol. The standard InChI is InChI=1S/C19H25N3O3/c1-25-17-16(13-5-9-20-10-6-13)22(19(17)24)15-7-11-21(12-8-15)18(23)14-3-2-4-14/h5-6,9-10,14-17H,2-4,7-8,11-12H2,1H3/t16-,17+/m0/s1. The molecule has 1 aliphatic carbocycles. The van der Waals surface area contributed by atoms with Crippen molar-refractivity contribution >= 4 is 11.8 Å². The van der Waals surface area contributed by atoms with Crippen LogP contribution in [0.25, 0.3) is 0 Å². The van der Waals surface area contributed by atoms with Gasteiger partial charge in [0, 0.05) is 44.6 Å². The first-order valence-corrected chi connectivity index (χ1v) is 9.24. The van der Waals surface area contributed by atoms with Gasteiger partial charge in [-0.2, -0.15) is 0 Å². The molecule has 2 amide bonds. The predicted molar refractivity (Wildman–Crippen MR) is 91.6 cm³/mol. The Bertz CT molecular complexity index is 639. The second kappa shape index (κ2) is 6.75. The molecule has 2 saturated heterocycles. The number of amides is 2. The SMILES string of the molecule is CO[C@H]1C(=O)N(C2CCN(C(=O)C3CCC3)CC2)[C@H]1c1ccncc1. The maximum Gasteiger partial charge on any atom is 0.255 e. The van der Waals surface area contributed by atoms with Gasteiger partial charge in [0.15, 0.2) is 6.10 Å². The van der Waals surface area contributed by atoms with Gasteiger partial charge in [-0.1, -0.05) is 6.42 Å². The van der Waals surface area contributed by atoms with Crippen LogP contribution in [0.3, 0.4) is 0 Å². The van der Waals surface area contributed by atoms with Gasteiger partial charge in [-0.15, -0.1) is 0 Å². The summed E-state index contributed by atoms with van der Waals surface area (Å²) in [5.74, 6) is 0.637. The highest BCUT2D eigenvalue weighted by atomic mass is 16.5. The lowest BCUT2D eigenvalue weighted by Gasteiger charge is -2.52. The summed E-state index contributed by atoms with van der Waals surface area (Å²) in [6.45, 7) is 1.51. The number of hydrogen-bond donors (Lipinski definition) is 0. The summed E-state index contributed by atoms with van der Waals surface area (Å²) in [5, 5.41) is 0. The highest BCUT2D eigenvalue weighted by Gasteiger charge is 2.51. The van der Waals surface area contributed by atoms with Crippen LogP contribution in [-0.2, 0) is 14.3 Å². The molecule has 0 N–H and O–H groups in total. The van der Waals surface area contributed by atoms with E-state index < -0.39 is 6.10 Å². The molecule has 0 radical (unpaired) electrons. The van der Waals surface area contributed by atoms with E-state index in [9.17, 15) is 9.59 Å². The fourth-order valence-electron chi connectivity index (χ4n) is 4.29. The van der Waals surface area contributed by atoms with E-state index in [-0.39, 0.29) is 23.9 Å². The molecule has 0 aromatic carbocycles. The van der Waals surface area contributed by atoms with Crippen molar-refractivity contribution in [2.24, 2.45) is 5.92 Å². The van der Waals surface area contributed by atoms with Crippen molar-refractivity contribution in [3.05, 3.63) is 30.1 Å². The molecule has 1 aromatic heterocycles. The number of β-lactam (4-membered cyclic amide) rings is 1. The van der Waals surface area contributed by atoms with Crippen LogP contribution in [-0.4, -0.2) is 58.9 Å². The molecule has 2 aliphatic heterocycles. The lowest BCUT2D eigenvalue weighted by Crippen LogP contribution is -2.64. The zero-order valence-corrected chi connectivity index (χ0v) is 14.6. The highest BCUT2D eigenvalue weighted by molar-refractivity contribution is 5.89. The first-order valence-electron chi connectivity index (χ1n) is 9.24. The van der Waals surface area contributed by atoms with Gasteiger partial charge < -0.3 is 14.5 Å². The summed E-state index contributed by atoms with van der Waals surface area (Å²) in [4.78, 5) is 33.0. The summed E-state index contributed by atoms with van der Waals surface area (Å²) in [6, 6.07) is 4.04. The summed E-state index contributed by atoms with van der Waals surface area (Å²) < 4.78 is 5.42. The minimum Gasteiger partial charge on any atom is -0.369 e. The summed E-state index contributed by atoms with van der Waals surface area (Å²) in [5.41, 5.74) is 1.06. The van der Waals surface area contributed by atoms with Crippen molar-refractivity contribution in [2.75, 3.05) is 20.2 Å². The maximum absolute atomic E-state index is 12.6. The van der Waals surface area contributed by atoms with Crippen molar-refractivity contribution < 1.29 is 14.3 Å². The Kier molecular flexibility index (Phi) is 4.46. The van der Waals surface area contributed by atoms with Gasteiger partial charge >= 0.3 is 0 Å². The highest BCUT2D eigenvalue weighted by Crippen LogP contribution is 2.40. The van der Waals surface area contributed by atoms with Gasteiger partial charge in [0.2, 0.25) is 5.91 Å². The van der Waals surface area contributed by atoms with Crippen LogP contribution in [0.5, 0.6) is 0 Å². The number of piperidine rings is 1. The third-order valence-electron chi connectivity index (χ3n) is 6.01. The van der Waals surface area contributed by atoms with Crippen molar-refractivity contribution in [3.8, 4) is 0 Å². The average Bonchev–Trinajstić information content (AvgIpc) is 2.60. The molecule has 3 heterocycles. The Morgan fingerprint density at radius 3 is 2.40 bits per heavy atom. The topological polar surface area (TPSA) is 62.7 Å². The van der Waals surface area contributed by atoms with Crippen LogP contribution in [0.4, 0.5) is 0 Å². The predicted octanol–water partition coefficient (Wildman–Crippen LogP) is 1.77.